The first-order valence-corrected chi connectivity index (χ1v) is 6.10. The average molecular weight is 198 g/mol. The van der Waals surface area contributed by atoms with Gasteiger partial charge >= 0.3 is 0 Å². The van der Waals surface area contributed by atoms with Crippen molar-refractivity contribution < 1.29 is 0 Å². The fourth-order valence-corrected chi connectivity index (χ4v) is 1.50. The Hall–Kier alpha value is 0. The summed E-state index contributed by atoms with van der Waals surface area (Å²) >= 11 is 0. The zero-order chi connectivity index (χ0) is 11.4. The molecule has 0 rings (SSSR count). The highest BCUT2D eigenvalue weighted by Gasteiger charge is 2.15. The molecule has 0 fully saturated rings. The molecule has 0 spiro atoms. The molecule has 14 heavy (non-hydrogen) atoms. The van der Waals surface area contributed by atoms with Gasteiger partial charge in [-0.25, -0.2) is 0 Å². The third kappa shape index (κ3) is 10.1. The maximum atomic E-state index is 2.40. The van der Waals surface area contributed by atoms with Gasteiger partial charge in [-0.1, -0.05) is 61.3 Å². The Balaban J connectivity index is 3.62. The molecule has 0 heteroatoms. The zero-order valence-electron chi connectivity index (χ0n) is 11.4. The zero-order valence-corrected chi connectivity index (χ0v) is 11.4. The highest BCUT2D eigenvalue weighted by molar-refractivity contribution is 4.67. The number of rotatable bonds is 4. The van der Waals surface area contributed by atoms with Gasteiger partial charge < -0.3 is 0 Å². The van der Waals surface area contributed by atoms with E-state index in [1.54, 1.807) is 0 Å². The molecule has 0 aromatic heterocycles. The van der Waals surface area contributed by atoms with Crippen LogP contribution in [0.25, 0.3) is 0 Å². The lowest BCUT2D eigenvalue weighted by atomic mass is 9.82. The van der Waals surface area contributed by atoms with E-state index in [1.807, 2.05) is 0 Å². The van der Waals surface area contributed by atoms with Crippen LogP contribution in [-0.4, -0.2) is 0 Å². The van der Waals surface area contributed by atoms with Crippen molar-refractivity contribution >= 4 is 0 Å². The van der Waals surface area contributed by atoms with Crippen molar-refractivity contribution in [1.29, 1.82) is 0 Å². The van der Waals surface area contributed by atoms with Crippen molar-refractivity contribution in [2.75, 3.05) is 0 Å². The maximum absolute atomic E-state index is 2.40. The molecule has 0 N–H and O–H groups in total. The first kappa shape index (κ1) is 14.0. The summed E-state index contributed by atoms with van der Waals surface area (Å²) in [7, 11) is 0. The van der Waals surface area contributed by atoms with E-state index in [9.17, 15) is 0 Å². The second-order valence-electron chi connectivity index (χ2n) is 7.30. The Labute approximate surface area is 91.5 Å². The fraction of sp³-hybridized carbons (Fsp3) is 1.00. The molecule has 86 valence electrons. The summed E-state index contributed by atoms with van der Waals surface area (Å²) in [6.07, 6.45) is 5.50. The molecule has 0 saturated carbocycles. The molecule has 0 aromatic carbocycles. The van der Waals surface area contributed by atoms with Gasteiger partial charge in [0.25, 0.3) is 0 Å². The lowest BCUT2D eigenvalue weighted by Crippen LogP contribution is -2.10. The molecule has 0 nitrogen and oxygen atoms in total. The molecular formula is C14H30. The molecule has 0 aromatic rings. The van der Waals surface area contributed by atoms with Crippen LogP contribution in [0.3, 0.4) is 0 Å². The normalized spacial score (nSPS) is 13.7. The predicted octanol–water partition coefficient (Wildman–Crippen LogP) is 5.28. The van der Waals surface area contributed by atoms with E-state index in [0.717, 1.165) is 5.92 Å². The average Bonchev–Trinajstić information content (AvgIpc) is 1.94. The number of hydrogen-bond acceptors (Lipinski definition) is 0. The van der Waals surface area contributed by atoms with Gasteiger partial charge in [0.1, 0.15) is 0 Å². The predicted molar refractivity (Wildman–Crippen MR) is 66.5 cm³/mol. The van der Waals surface area contributed by atoms with Crippen molar-refractivity contribution in [2.45, 2.75) is 74.1 Å². The van der Waals surface area contributed by atoms with Crippen LogP contribution in [0.4, 0.5) is 0 Å². The molecule has 0 radical (unpaired) electrons. The van der Waals surface area contributed by atoms with E-state index in [-0.39, 0.29) is 0 Å². The Morgan fingerprint density at radius 1 is 0.714 bits per heavy atom. The SMILES string of the molecule is CC(CCC(C)(C)C)CCC(C)(C)C. The first-order chi connectivity index (χ1) is 6.10. The van der Waals surface area contributed by atoms with E-state index in [4.69, 9.17) is 0 Å². The van der Waals surface area contributed by atoms with Crippen molar-refractivity contribution in [3.63, 3.8) is 0 Å². The molecule has 0 saturated heterocycles. The molecule has 0 heterocycles. The lowest BCUT2D eigenvalue weighted by Gasteiger charge is -2.24. The van der Waals surface area contributed by atoms with Gasteiger partial charge in [-0.2, -0.15) is 0 Å². The topological polar surface area (TPSA) is 0 Å². The summed E-state index contributed by atoms with van der Waals surface area (Å²) < 4.78 is 0. The molecule has 0 aliphatic carbocycles. The van der Waals surface area contributed by atoms with E-state index in [0.29, 0.717) is 10.8 Å². The van der Waals surface area contributed by atoms with Crippen LogP contribution in [0.5, 0.6) is 0 Å². The van der Waals surface area contributed by atoms with Crippen molar-refractivity contribution in [2.24, 2.45) is 16.7 Å². The van der Waals surface area contributed by atoms with E-state index < -0.39 is 0 Å². The van der Waals surface area contributed by atoms with E-state index in [2.05, 4.69) is 48.5 Å². The van der Waals surface area contributed by atoms with Gasteiger partial charge in [0, 0.05) is 0 Å². The van der Waals surface area contributed by atoms with Crippen molar-refractivity contribution in [1.82, 2.24) is 0 Å². The van der Waals surface area contributed by atoms with Crippen LogP contribution in [0.2, 0.25) is 0 Å². The van der Waals surface area contributed by atoms with Crippen LogP contribution in [0.1, 0.15) is 74.1 Å². The largest absolute Gasteiger partial charge is 0.0625 e. The van der Waals surface area contributed by atoms with Gasteiger partial charge in [-0.05, 0) is 29.6 Å². The minimum atomic E-state index is 0.510. The second kappa shape index (κ2) is 5.19. The first-order valence-electron chi connectivity index (χ1n) is 6.10. The van der Waals surface area contributed by atoms with Crippen LogP contribution < -0.4 is 0 Å². The van der Waals surface area contributed by atoms with Gasteiger partial charge in [0.2, 0.25) is 0 Å². The summed E-state index contributed by atoms with van der Waals surface area (Å²) in [5.74, 6) is 0.897. The molecule has 0 atom stereocenters. The van der Waals surface area contributed by atoms with E-state index in [1.165, 1.54) is 25.7 Å². The molecule has 0 unspecified atom stereocenters. The summed E-state index contributed by atoms with van der Waals surface area (Å²) in [6, 6.07) is 0. The smallest absolute Gasteiger partial charge is 0.0383 e. The third-order valence-corrected chi connectivity index (χ3v) is 2.77. The van der Waals surface area contributed by atoms with Crippen molar-refractivity contribution in [3.05, 3.63) is 0 Å². The monoisotopic (exact) mass is 198 g/mol. The Bertz CT molecular complexity index is 124. The second-order valence-corrected chi connectivity index (χ2v) is 7.30. The fourth-order valence-electron chi connectivity index (χ4n) is 1.50. The van der Waals surface area contributed by atoms with Gasteiger partial charge in [0.05, 0.1) is 0 Å². The highest BCUT2D eigenvalue weighted by Crippen LogP contribution is 2.28. The van der Waals surface area contributed by atoms with Crippen LogP contribution >= 0.6 is 0 Å². The highest BCUT2D eigenvalue weighted by atomic mass is 14.2. The van der Waals surface area contributed by atoms with Crippen LogP contribution in [0.15, 0.2) is 0 Å². The van der Waals surface area contributed by atoms with E-state index >= 15 is 0 Å². The number of hydrogen-bond donors (Lipinski definition) is 0. The molecule has 0 aliphatic heterocycles. The van der Waals surface area contributed by atoms with Gasteiger partial charge in [-0.3, -0.25) is 0 Å². The van der Waals surface area contributed by atoms with Crippen LogP contribution in [-0.2, 0) is 0 Å². The summed E-state index contributed by atoms with van der Waals surface area (Å²) in [5.41, 5.74) is 1.02. The Morgan fingerprint density at radius 2 is 1.00 bits per heavy atom. The van der Waals surface area contributed by atoms with Gasteiger partial charge in [-0.15, -0.1) is 0 Å². The summed E-state index contributed by atoms with van der Waals surface area (Å²) in [6.45, 7) is 16.4. The quantitative estimate of drug-likeness (QED) is 0.577. The minimum absolute atomic E-state index is 0.510. The molecule has 0 bridgehead atoms. The Kier molecular flexibility index (Phi) is 5.19. The minimum Gasteiger partial charge on any atom is -0.0625 e. The summed E-state index contributed by atoms with van der Waals surface area (Å²) in [4.78, 5) is 0. The standard InChI is InChI=1S/C14H30/c1-12(8-10-13(2,3)4)9-11-14(5,6)7/h12H,8-11H2,1-7H3. The molecule has 0 amide bonds. The Morgan fingerprint density at radius 3 is 1.21 bits per heavy atom. The van der Waals surface area contributed by atoms with Crippen molar-refractivity contribution in [3.8, 4) is 0 Å². The van der Waals surface area contributed by atoms with Gasteiger partial charge in [0.15, 0.2) is 0 Å². The van der Waals surface area contributed by atoms with Crippen LogP contribution in [0, 0.1) is 16.7 Å². The lowest BCUT2D eigenvalue weighted by molar-refractivity contribution is 0.286. The summed E-state index contributed by atoms with van der Waals surface area (Å²) in [5, 5.41) is 0. The maximum Gasteiger partial charge on any atom is -0.0383 e. The molecular weight excluding hydrogens is 168 g/mol. The third-order valence-electron chi connectivity index (χ3n) is 2.77. The molecule has 0 aliphatic rings.